The highest BCUT2D eigenvalue weighted by Crippen LogP contribution is 2.27. The standard InChI is InChI=1S/C24H21N5O2S/c1-25-23(31)18-12-14-19(15-13-18)26-21(30)16-32-24-28-27-22(17-8-4-2-5-9-17)29(24)20-10-6-3-7-11-20/h2-15H,16H2,1H3,(H,25,31)(H,26,30). The van der Waals surface area contributed by atoms with Crippen molar-refractivity contribution < 1.29 is 9.59 Å². The molecule has 4 aromatic rings. The number of nitrogens with zero attached hydrogens (tertiary/aromatic N) is 3. The van der Waals surface area contributed by atoms with E-state index in [9.17, 15) is 9.59 Å². The van der Waals surface area contributed by atoms with Gasteiger partial charge in [0.15, 0.2) is 11.0 Å². The van der Waals surface area contributed by atoms with Crippen LogP contribution in [-0.4, -0.2) is 39.4 Å². The van der Waals surface area contributed by atoms with Crippen molar-refractivity contribution in [3.8, 4) is 17.1 Å². The second-order valence-electron chi connectivity index (χ2n) is 6.84. The number of aromatic nitrogens is 3. The average molecular weight is 444 g/mol. The molecule has 1 heterocycles. The van der Waals surface area contributed by atoms with Gasteiger partial charge in [-0.05, 0) is 36.4 Å². The Balaban J connectivity index is 1.50. The van der Waals surface area contributed by atoms with E-state index in [1.54, 1.807) is 31.3 Å². The maximum atomic E-state index is 12.5. The van der Waals surface area contributed by atoms with E-state index in [0.717, 1.165) is 11.3 Å². The predicted octanol–water partition coefficient (Wildman–Crippen LogP) is 4.02. The summed E-state index contributed by atoms with van der Waals surface area (Å²) in [5.41, 5.74) is 3.02. The van der Waals surface area contributed by atoms with Gasteiger partial charge in [0.05, 0.1) is 5.75 Å². The van der Waals surface area contributed by atoms with Crippen LogP contribution in [0, 0.1) is 0 Å². The summed E-state index contributed by atoms with van der Waals surface area (Å²) >= 11 is 1.31. The van der Waals surface area contributed by atoms with Crippen LogP contribution in [0.3, 0.4) is 0 Å². The SMILES string of the molecule is CNC(=O)c1ccc(NC(=O)CSc2nnc(-c3ccccc3)n2-c2ccccc2)cc1. The lowest BCUT2D eigenvalue weighted by Crippen LogP contribution is -2.18. The molecule has 3 aromatic carbocycles. The number of hydrogen-bond donors (Lipinski definition) is 2. The number of rotatable bonds is 7. The molecule has 7 nitrogen and oxygen atoms in total. The summed E-state index contributed by atoms with van der Waals surface area (Å²) in [4.78, 5) is 24.2. The Morgan fingerprint density at radius 3 is 2.19 bits per heavy atom. The first kappa shape index (κ1) is 21.3. The quantitative estimate of drug-likeness (QED) is 0.421. The van der Waals surface area contributed by atoms with E-state index in [4.69, 9.17) is 0 Å². The molecule has 0 atom stereocenters. The zero-order valence-electron chi connectivity index (χ0n) is 17.4. The molecule has 0 spiro atoms. The third kappa shape index (κ3) is 4.87. The predicted molar refractivity (Wildman–Crippen MR) is 126 cm³/mol. The van der Waals surface area contributed by atoms with Crippen LogP contribution in [0.1, 0.15) is 10.4 Å². The van der Waals surface area contributed by atoms with Crippen molar-refractivity contribution in [1.29, 1.82) is 0 Å². The molecule has 160 valence electrons. The van der Waals surface area contributed by atoms with Gasteiger partial charge < -0.3 is 10.6 Å². The fraction of sp³-hybridized carbons (Fsp3) is 0.0833. The van der Waals surface area contributed by atoms with Gasteiger partial charge in [0.1, 0.15) is 0 Å². The molecule has 0 aliphatic rings. The smallest absolute Gasteiger partial charge is 0.251 e. The van der Waals surface area contributed by atoms with Crippen LogP contribution in [0.4, 0.5) is 5.69 Å². The van der Waals surface area contributed by atoms with Crippen LogP contribution in [-0.2, 0) is 4.79 Å². The van der Waals surface area contributed by atoms with E-state index in [2.05, 4.69) is 20.8 Å². The third-order valence-corrected chi connectivity index (χ3v) is 5.60. The van der Waals surface area contributed by atoms with Crippen LogP contribution < -0.4 is 10.6 Å². The first-order chi connectivity index (χ1) is 15.7. The molecule has 0 fully saturated rings. The van der Waals surface area contributed by atoms with Crippen molar-refractivity contribution in [2.75, 3.05) is 18.1 Å². The molecule has 2 N–H and O–H groups in total. The Kier molecular flexibility index (Phi) is 6.62. The van der Waals surface area contributed by atoms with Gasteiger partial charge in [0.2, 0.25) is 5.91 Å². The molecule has 32 heavy (non-hydrogen) atoms. The van der Waals surface area contributed by atoms with E-state index >= 15 is 0 Å². The van der Waals surface area contributed by atoms with Crippen LogP contribution in [0.25, 0.3) is 17.1 Å². The number of thioether (sulfide) groups is 1. The average Bonchev–Trinajstić information content (AvgIpc) is 3.28. The monoisotopic (exact) mass is 443 g/mol. The van der Waals surface area contributed by atoms with Crippen LogP contribution >= 0.6 is 11.8 Å². The number of hydrogen-bond acceptors (Lipinski definition) is 5. The summed E-state index contributed by atoms with van der Waals surface area (Å²) in [6.07, 6.45) is 0. The summed E-state index contributed by atoms with van der Waals surface area (Å²) in [6.45, 7) is 0. The fourth-order valence-corrected chi connectivity index (χ4v) is 3.88. The topological polar surface area (TPSA) is 88.9 Å². The van der Waals surface area contributed by atoms with Crippen molar-refractivity contribution in [2.24, 2.45) is 0 Å². The molecule has 1 aromatic heterocycles. The molecule has 0 bridgehead atoms. The summed E-state index contributed by atoms with van der Waals surface area (Å²) in [7, 11) is 1.58. The molecule has 0 aliphatic heterocycles. The number of benzene rings is 3. The molecule has 0 saturated carbocycles. The van der Waals surface area contributed by atoms with E-state index in [1.165, 1.54) is 11.8 Å². The van der Waals surface area contributed by atoms with Crippen molar-refractivity contribution in [1.82, 2.24) is 20.1 Å². The molecular formula is C24H21N5O2S. The van der Waals surface area contributed by atoms with Crippen LogP contribution in [0.2, 0.25) is 0 Å². The second kappa shape index (κ2) is 9.93. The highest BCUT2D eigenvalue weighted by Gasteiger charge is 2.17. The van der Waals surface area contributed by atoms with Crippen LogP contribution in [0.15, 0.2) is 90.1 Å². The third-order valence-electron chi connectivity index (χ3n) is 4.67. The number of para-hydroxylation sites is 1. The number of anilines is 1. The minimum absolute atomic E-state index is 0.164. The van der Waals surface area contributed by atoms with Gasteiger partial charge in [0, 0.05) is 29.5 Å². The Bertz CT molecular complexity index is 1210. The zero-order valence-corrected chi connectivity index (χ0v) is 18.2. The maximum Gasteiger partial charge on any atom is 0.251 e. The number of amides is 2. The van der Waals surface area contributed by atoms with E-state index in [-0.39, 0.29) is 17.6 Å². The van der Waals surface area contributed by atoms with Gasteiger partial charge >= 0.3 is 0 Å². The lowest BCUT2D eigenvalue weighted by atomic mass is 10.2. The first-order valence-electron chi connectivity index (χ1n) is 9.97. The van der Waals surface area contributed by atoms with Crippen LogP contribution in [0.5, 0.6) is 0 Å². The highest BCUT2D eigenvalue weighted by molar-refractivity contribution is 7.99. The molecule has 8 heteroatoms. The largest absolute Gasteiger partial charge is 0.355 e. The summed E-state index contributed by atoms with van der Waals surface area (Å²) in [5, 5.41) is 14.8. The van der Waals surface area contributed by atoms with E-state index in [1.807, 2.05) is 65.2 Å². The number of carbonyl (C=O) groups excluding carboxylic acids is 2. The minimum atomic E-state index is -0.174. The summed E-state index contributed by atoms with van der Waals surface area (Å²) in [6, 6.07) is 26.4. The van der Waals surface area contributed by atoms with Gasteiger partial charge in [0.25, 0.3) is 5.91 Å². The van der Waals surface area contributed by atoms with Gasteiger partial charge in [-0.15, -0.1) is 10.2 Å². The molecular weight excluding hydrogens is 422 g/mol. The Morgan fingerprint density at radius 1 is 0.875 bits per heavy atom. The Morgan fingerprint density at radius 2 is 1.53 bits per heavy atom. The minimum Gasteiger partial charge on any atom is -0.355 e. The fourth-order valence-electron chi connectivity index (χ4n) is 3.12. The summed E-state index contributed by atoms with van der Waals surface area (Å²) in [5.74, 6) is 0.528. The number of nitrogens with one attached hydrogen (secondary N) is 2. The molecule has 0 saturated heterocycles. The highest BCUT2D eigenvalue weighted by atomic mass is 32.2. The Labute approximate surface area is 189 Å². The van der Waals surface area contributed by atoms with Crippen molar-refractivity contribution in [2.45, 2.75) is 5.16 Å². The summed E-state index contributed by atoms with van der Waals surface area (Å²) < 4.78 is 1.95. The van der Waals surface area contributed by atoms with Crippen molar-refractivity contribution in [3.63, 3.8) is 0 Å². The molecule has 0 radical (unpaired) electrons. The van der Waals surface area contributed by atoms with Crippen molar-refractivity contribution in [3.05, 3.63) is 90.5 Å². The second-order valence-corrected chi connectivity index (χ2v) is 7.78. The van der Waals surface area contributed by atoms with Gasteiger partial charge in [-0.1, -0.05) is 60.3 Å². The van der Waals surface area contributed by atoms with Gasteiger partial charge in [-0.2, -0.15) is 0 Å². The van der Waals surface area contributed by atoms with Crippen molar-refractivity contribution >= 4 is 29.3 Å². The maximum absolute atomic E-state index is 12.5. The Hall–Kier alpha value is -3.91. The van der Waals surface area contributed by atoms with Gasteiger partial charge in [-0.3, -0.25) is 14.2 Å². The molecule has 0 aliphatic carbocycles. The number of carbonyl (C=O) groups is 2. The van der Waals surface area contributed by atoms with Gasteiger partial charge in [-0.25, -0.2) is 0 Å². The molecule has 4 rings (SSSR count). The van der Waals surface area contributed by atoms with E-state index < -0.39 is 0 Å². The van der Waals surface area contributed by atoms with E-state index in [0.29, 0.717) is 22.2 Å². The lowest BCUT2D eigenvalue weighted by Gasteiger charge is -2.10. The normalized spacial score (nSPS) is 10.5. The first-order valence-corrected chi connectivity index (χ1v) is 11.0. The lowest BCUT2D eigenvalue weighted by molar-refractivity contribution is -0.113. The zero-order chi connectivity index (χ0) is 22.3. The molecule has 0 unspecified atom stereocenters. The molecule has 2 amide bonds.